The van der Waals surface area contributed by atoms with Gasteiger partial charge in [0, 0.05) is 37.4 Å². The minimum atomic E-state index is -1.21. The van der Waals surface area contributed by atoms with Crippen molar-refractivity contribution < 1.29 is 29.4 Å². The molecule has 2 aliphatic rings. The molecule has 40 heavy (non-hydrogen) atoms. The van der Waals surface area contributed by atoms with Crippen molar-refractivity contribution in [2.45, 2.75) is 6.92 Å². The van der Waals surface area contributed by atoms with Crippen LogP contribution in [0.2, 0.25) is 0 Å². The fraction of sp³-hybridized carbons (Fsp3) is 0.0312. The molecule has 7 rings (SSSR count). The van der Waals surface area contributed by atoms with Crippen molar-refractivity contribution in [3.63, 3.8) is 0 Å². The van der Waals surface area contributed by atoms with E-state index in [-0.39, 0.29) is 25.0 Å². The van der Waals surface area contributed by atoms with Gasteiger partial charge in [0.1, 0.15) is 0 Å². The number of carboxylic acids is 1. The van der Waals surface area contributed by atoms with Gasteiger partial charge >= 0.3 is 19.5 Å². The van der Waals surface area contributed by atoms with E-state index < -0.39 is 5.97 Å². The Labute approximate surface area is 246 Å². The van der Waals surface area contributed by atoms with E-state index in [0.717, 1.165) is 66.4 Å². The summed E-state index contributed by atoms with van der Waals surface area (Å²) in [6.07, 6.45) is 7.99. The third-order valence-corrected chi connectivity index (χ3v) is 7.78. The van der Waals surface area contributed by atoms with Crippen LogP contribution in [0.3, 0.4) is 0 Å². The van der Waals surface area contributed by atoms with Gasteiger partial charge in [-0.15, -0.1) is 11.3 Å². The molecule has 0 unspecified atom stereocenters. The van der Waals surface area contributed by atoms with Crippen molar-refractivity contribution in [1.82, 2.24) is 19.9 Å². The molecule has 5 aromatic rings. The molecule has 6 nitrogen and oxygen atoms in total. The zero-order valence-electron chi connectivity index (χ0n) is 21.6. The molecule has 0 atom stereocenters. The summed E-state index contributed by atoms with van der Waals surface area (Å²) in [5.74, 6) is -1.21. The number of aromatic carboxylic acids is 1. The normalized spacial score (nSPS) is 11.9. The molecule has 8 bridgehead atoms. The predicted octanol–water partition coefficient (Wildman–Crippen LogP) is 6.72. The number of nitrogens with one attached hydrogen (secondary N) is 2. The molecule has 0 saturated carbocycles. The number of hydrogen-bond donors (Lipinski definition) is 2. The summed E-state index contributed by atoms with van der Waals surface area (Å²) in [6.45, 7) is 2.09. The van der Waals surface area contributed by atoms with Gasteiger partial charge < -0.3 is 19.9 Å². The smallest absolute Gasteiger partial charge is 0.545 e. The number of aromatic amines is 2. The molecule has 6 heterocycles. The third-order valence-electron chi connectivity index (χ3n) is 6.75. The second-order valence-electron chi connectivity index (χ2n) is 9.52. The molecule has 4 aromatic heterocycles. The Bertz CT molecular complexity index is 2010. The maximum absolute atomic E-state index is 11.4. The average Bonchev–Trinajstić information content (AvgIpc) is 3.74. The largest absolute Gasteiger partial charge is 2.00 e. The van der Waals surface area contributed by atoms with Crippen LogP contribution in [0.1, 0.15) is 38.0 Å². The van der Waals surface area contributed by atoms with Crippen LogP contribution in [0.25, 0.3) is 67.9 Å². The van der Waals surface area contributed by atoms with Crippen LogP contribution >= 0.6 is 11.3 Å². The zero-order chi connectivity index (χ0) is 26.5. The fourth-order valence-electron chi connectivity index (χ4n) is 4.95. The summed E-state index contributed by atoms with van der Waals surface area (Å²) in [5, 5.41) is 11.4. The Balaban J connectivity index is 0.00000289. The first-order chi connectivity index (χ1) is 19.0. The summed E-state index contributed by atoms with van der Waals surface area (Å²) >= 11 is 1.72. The predicted molar refractivity (Wildman–Crippen MR) is 157 cm³/mol. The number of fused-ring (bicyclic) bond motifs is 8. The first kappa shape index (κ1) is 25.9. The van der Waals surface area contributed by atoms with Crippen LogP contribution in [0.5, 0.6) is 0 Å². The minimum absolute atomic E-state index is 0. The Morgan fingerprint density at radius 1 is 0.750 bits per heavy atom. The molecule has 0 amide bonds. The number of benzene rings is 1. The first-order valence-electron chi connectivity index (χ1n) is 12.5. The van der Waals surface area contributed by atoms with Crippen LogP contribution in [-0.4, -0.2) is 25.9 Å². The van der Waals surface area contributed by atoms with Crippen molar-refractivity contribution in [2.24, 2.45) is 0 Å². The van der Waals surface area contributed by atoms with Crippen LogP contribution < -0.4 is 5.11 Å². The van der Waals surface area contributed by atoms with E-state index in [9.17, 15) is 9.90 Å². The van der Waals surface area contributed by atoms with E-state index in [1.54, 1.807) is 23.5 Å². The van der Waals surface area contributed by atoms with Crippen molar-refractivity contribution >= 4 is 63.7 Å². The SMILES string of the molecule is Cc1ccc(-c2cc3cc4nc(cc5ccc(cc6nc(c(-c7ccc(C(=O)[O-])cc7)c2[nH]3)C=C6)[nH]5)C=C4)s1.[Zn+2]. The molecule has 0 saturated heterocycles. The molecule has 2 aliphatic heterocycles. The van der Waals surface area contributed by atoms with Crippen LogP contribution in [-0.2, 0) is 19.5 Å². The van der Waals surface area contributed by atoms with E-state index in [4.69, 9.17) is 9.97 Å². The van der Waals surface area contributed by atoms with Crippen molar-refractivity contribution in [3.05, 3.63) is 106 Å². The fourth-order valence-corrected chi connectivity index (χ4v) is 5.84. The summed E-state index contributed by atoms with van der Waals surface area (Å²) in [4.78, 5) is 30.6. The third kappa shape index (κ3) is 4.88. The summed E-state index contributed by atoms with van der Waals surface area (Å²) in [7, 11) is 0. The van der Waals surface area contributed by atoms with Gasteiger partial charge in [0.15, 0.2) is 0 Å². The Kier molecular flexibility index (Phi) is 6.66. The summed E-state index contributed by atoms with van der Waals surface area (Å²) in [5.41, 5.74) is 9.93. The van der Waals surface area contributed by atoms with Gasteiger partial charge in [0.2, 0.25) is 0 Å². The van der Waals surface area contributed by atoms with Gasteiger partial charge in [-0.2, -0.15) is 0 Å². The number of carboxylic acid groups (broad SMARTS) is 1. The van der Waals surface area contributed by atoms with Gasteiger partial charge in [0.05, 0.1) is 34.3 Å². The second kappa shape index (κ2) is 10.3. The van der Waals surface area contributed by atoms with Gasteiger partial charge in [-0.3, -0.25) is 0 Å². The number of rotatable bonds is 3. The van der Waals surface area contributed by atoms with Gasteiger partial charge in [0.25, 0.3) is 0 Å². The van der Waals surface area contributed by atoms with Crippen LogP contribution in [0, 0.1) is 6.92 Å². The van der Waals surface area contributed by atoms with Crippen molar-refractivity contribution in [3.8, 4) is 21.6 Å². The number of carbonyl (C=O) groups is 1. The van der Waals surface area contributed by atoms with Crippen molar-refractivity contribution in [2.75, 3.05) is 0 Å². The number of nitrogens with zero attached hydrogens (tertiary/aromatic N) is 2. The maximum Gasteiger partial charge on any atom is 2.00 e. The van der Waals surface area contributed by atoms with E-state index in [1.165, 1.54) is 4.88 Å². The number of aromatic nitrogens is 4. The van der Waals surface area contributed by atoms with Gasteiger partial charge in [-0.05, 0) is 90.9 Å². The minimum Gasteiger partial charge on any atom is -0.545 e. The molecular formula is C32H21N4O2SZn+. The molecule has 2 N–H and O–H groups in total. The number of carbonyl (C=O) groups excluding carboxylic acids is 1. The van der Waals surface area contributed by atoms with Gasteiger partial charge in [-0.25, -0.2) is 9.97 Å². The topological polar surface area (TPSA) is 97.5 Å². The van der Waals surface area contributed by atoms with Gasteiger partial charge in [-0.1, -0.05) is 24.3 Å². The van der Waals surface area contributed by atoms with E-state index in [2.05, 4.69) is 35.1 Å². The Hall–Kier alpha value is -4.39. The zero-order valence-corrected chi connectivity index (χ0v) is 25.3. The molecule has 0 spiro atoms. The quantitative estimate of drug-likeness (QED) is 0.223. The standard InChI is InChI=1S/C32H22N4O2S.Zn/c1-18-2-13-29(39-18)27-17-26-16-24-10-9-22(34-24)14-21-7-8-23(33-21)15-25-11-12-28(35-25)30(31(27)36-26)19-3-5-20(6-4-19)32(37)38;/h2-17,33,36H,1H3,(H,37,38);/q;+2/p-1. The number of hydrogen-bond acceptors (Lipinski definition) is 5. The molecular weight excluding hydrogens is 570 g/mol. The van der Waals surface area contributed by atoms with E-state index in [1.807, 2.05) is 66.8 Å². The number of H-pyrrole nitrogens is 2. The summed E-state index contributed by atoms with van der Waals surface area (Å²) < 4.78 is 0. The molecule has 0 radical (unpaired) electrons. The number of thiophene rings is 1. The molecule has 8 heteroatoms. The summed E-state index contributed by atoms with van der Waals surface area (Å²) in [6, 6.07) is 23.2. The van der Waals surface area contributed by atoms with E-state index >= 15 is 0 Å². The first-order valence-corrected chi connectivity index (χ1v) is 13.3. The van der Waals surface area contributed by atoms with E-state index in [0.29, 0.717) is 0 Å². The van der Waals surface area contributed by atoms with Crippen LogP contribution in [0.4, 0.5) is 0 Å². The maximum atomic E-state index is 11.4. The Morgan fingerprint density at radius 2 is 1.40 bits per heavy atom. The average molecular weight is 591 g/mol. The molecule has 0 aliphatic carbocycles. The monoisotopic (exact) mass is 589 g/mol. The molecule has 1 aromatic carbocycles. The molecule has 188 valence electrons. The van der Waals surface area contributed by atoms with Crippen LogP contribution in [0.15, 0.2) is 72.8 Å². The van der Waals surface area contributed by atoms with Crippen molar-refractivity contribution in [1.29, 1.82) is 0 Å². The second-order valence-corrected chi connectivity index (χ2v) is 10.8. The Morgan fingerprint density at radius 3 is 2.05 bits per heavy atom. The molecule has 0 fully saturated rings. The number of aryl methyl sites for hydroxylation is 1.